The van der Waals surface area contributed by atoms with Gasteiger partial charge in [0.1, 0.15) is 5.69 Å². The van der Waals surface area contributed by atoms with Crippen molar-refractivity contribution in [2.24, 2.45) is 10.7 Å². The maximum absolute atomic E-state index is 12.4. The van der Waals surface area contributed by atoms with Crippen molar-refractivity contribution in [3.8, 4) is 0 Å². The van der Waals surface area contributed by atoms with Gasteiger partial charge in [0.25, 0.3) is 5.91 Å². The fourth-order valence-electron chi connectivity index (χ4n) is 2.77. The number of amides is 1. The molecule has 1 aromatic carbocycles. The van der Waals surface area contributed by atoms with Gasteiger partial charge in [0.2, 0.25) is 0 Å². The van der Waals surface area contributed by atoms with E-state index in [2.05, 4.69) is 28.3 Å². The largest absolute Gasteiger partial charge is 0.379 e. The average Bonchev–Trinajstić information content (AvgIpc) is 2.54. The van der Waals surface area contributed by atoms with Gasteiger partial charge in [-0.1, -0.05) is 29.4 Å². The number of hydrogen-bond acceptors (Lipinski definition) is 5. The molecule has 1 unspecified atom stereocenters. The topological polar surface area (TPSA) is 80.4 Å². The number of nitrogens with one attached hydrogen (secondary N) is 1. The number of carbonyl (C=O) groups is 1. The molecule has 130 valence electrons. The summed E-state index contributed by atoms with van der Waals surface area (Å²) in [5, 5.41) is 3.99. The van der Waals surface area contributed by atoms with Gasteiger partial charge in [0.05, 0.1) is 10.6 Å². The second kappa shape index (κ2) is 7.06. The molecule has 1 atom stereocenters. The Bertz CT molecular complexity index is 837. The number of pyridine rings is 1. The first-order chi connectivity index (χ1) is 11.9. The van der Waals surface area contributed by atoms with Crippen molar-refractivity contribution in [3.63, 3.8) is 0 Å². The molecule has 0 bridgehead atoms. The van der Waals surface area contributed by atoms with Gasteiger partial charge in [-0.15, -0.1) is 0 Å². The summed E-state index contributed by atoms with van der Waals surface area (Å²) in [5.41, 5.74) is 8.65. The molecule has 1 amide bonds. The van der Waals surface area contributed by atoms with Crippen LogP contribution in [0.2, 0.25) is 5.02 Å². The van der Waals surface area contributed by atoms with Crippen molar-refractivity contribution in [3.05, 3.63) is 58.4 Å². The first-order valence-corrected chi connectivity index (χ1v) is 9.25. The number of halogens is 1. The molecule has 0 spiro atoms. The number of rotatable bonds is 3. The molecule has 25 heavy (non-hydrogen) atoms. The highest BCUT2D eigenvalue weighted by molar-refractivity contribution is 8.13. The summed E-state index contributed by atoms with van der Waals surface area (Å²) in [6.45, 7) is 4.06. The number of aryl methyl sites for hydroxylation is 1. The van der Waals surface area contributed by atoms with Gasteiger partial charge in [0.15, 0.2) is 5.17 Å². The van der Waals surface area contributed by atoms with Crippen molar-refractivity contribution in [1.82, 2.24) is 4.98 Å². The summed E-state index contributed by atoms with van der Waals surface area (Å²) < 4.78 is 0. The quantitative estimate of drug-likeness (QED) is 0.851. The monoisotopic (exact) mass is 374 g/mol. The van der Waals surface area contributed by atoms with Crippen molar-refractivity contribution in [2.45, 2.75) is 25.8 Å². The minimum Gasteiger partial charge on any atom is -0.379 e. The summed E-state index contributed by atoms with van der Waals surface area (Å²) in [5.74, 6) is 0.650. The van der Waals surface area contributed by atoms with Crippen LogP contribution >= 0.6 is 23.4 Å². The van der Waals surface area contributed by atoms with E-state index in [9.17, 15) is 4.79 Å². The van der Waals surface area contributed by atoms with Crippen LogP contribution in [0.5, 0.6) is 0 Å². The van der Waals surface area contributed by atoms with Gasteiger partial charge in [0, 0.05) is 17.6 Å². The number of thioether (sulfide) groups is 1. The summed E-state index contributed by atoms with van der Waals surface area (Å²) in [4.78, 5) is 21.1. The molecule has 1 aromatic heterocycles. The zero-order valence-corrected chi connectivity index (χ0v) is 15.6. The molecule has 1 aliphatic rings. The maximum atomic E-state index is 12.4. The van der Waals surface area contributed by atoms with Gasteiger partial charge in [-0.3, -0.25) is 9.79 Å². The average molecular weight is 375 g/mol. The molecule has 7 heteroatoms. The minimum atomic E-state index is -0.376. The number of aromatic nitrogens is 1. The van der Waals surface area contributed by atoms with E-state index in [1.165, 1.54) is 6.20 Å². The highest BCUT2D eigenvalue weighted by Crippen LogP contribution is 2.36. The number of anilines is 1. The number of nitrogens with zero attached hydrogens (tertiary/aromatic N) is 2. The molecule has 3 rings (SSSR count). The molecule has 0 saturated heterocycles. The number of amidine groups is 1. The van der Waals surface area contributed by atoms with Crippen LogP contribution in [-0.4, -0.2) is 21.8 Å². The fourth-order valence-corrected chi connectivity index (χ4v) is 3.85. The molecule has 2 heterocycles. The van der Waals surface area contributed by atoms with Crippen molar-refractivity contribution < 1.29 is 4.79 Å². The summed E-state index contributed by atoms with van der Waals surface area (Å²) in [6, 6.07) is 9.20. The van der Waals surface area contributed by atoms with Crippen LogP contribution in [0.25, 0.3) is 0 Å². The lowest BCUT2D eigenvalue weighted by Crippen LogP contribution is -2.29. The Morgan fingerprint density at radius 2 is 2.16 bits per heavy atom. The van der Waals surface area contributed by atoms with E-state index >= 15 is 0 Å². The Morgan fingerprint density at radius 1 is 1.36 bits per heavy atom. The van der Waals surface area contributed by atoms with Gasteiger partial charge >= 0.3 is 0 Å². The number of aliphatic imine (C=N–C) groups is 1. The zero-order valence-electron chi connectivity index (χ0n) is 14.0. The second-order valence-electron chi connectivity index (χ2n) is 6.23. The number of benzene rings is 1. The van der Waals surface area contributed by atoms with Crippen molar-refractivity contribution in [1.29, 1.82) is 0 Å². The van der Waals surface area contributed by atoms with Crippen LogP contribution in [0.4, 0.5) is 5.69 Å². The van der Waals surface area contributed by atoms with Crippen LogP contribution in [0.1, 0.15) is 35.0 Å². The zero-order chi connectivity index (χ0) is 18.0. The van der Waals surface area contributed by atoms with E-state index in [0.29, 0.717) is 21.6 Å². The maximum Gasteiger partial charge on any atom is 0.274 e. The third-order valence-electron chi connectivity index (χ3n) is 4.11. The number of carbonyl (C=O) groups excluding carboxylic acids is 1. The Balaban J connectivity index is 1.88. The standard InChI is InChI=1S/C18H19ClN4OS/c1-11-7-12(18(2)5-6-25-17(20)23-18)9-14(8-11)22-16(24)15-4-3-13(19)10-21-15/h3-4,7-10H,5-6H2,1-2H3,(H2,20,23)(H,22,24). The van der Waals surface area contributed by atoms with Crippen LogP contribution < -0.4 is 11.1 Å². The third-order valence-corrected chi connectivity index (χ3v) is 5.13. The summed E-state index contributed by atoms with van der Waals surface area (Å²) in [6.07, 6.45) is 2.35. The molecule has 1 aliphatic heterocycles. The van der Waals surface area contributed by atoms with Gasteiger partial charge in [-0.2, -0.15) is 0 Å². The molecule has 2 aromatic rings. The van der Waals surface area contributed by atoms with Crippen molar-refractivity contribution in [2.75, 3.05) is 11.1 Å². The Hall–Kier alpha value is -2.05. The summed E-state index contributed by atoms with van der Waals surface area (Å²) in [7, 11) is 0. The van der Waals surface area contributed by atoms with E-state index in [4.69, 9.17) is 17.3 Å². The normalized spacial score (nSPS) is 20.0. The molecule has 0 radical (unpaired) electrons. The molecule has 0 aliphatic carbocycles. The smallest absolute Gasteiger partial charge is 0.274 e. The minimum absolute atomic E-state index is 0.277. The Labute approximate surface area is 156 Å². The fraction of sp³-hybridized carbons (Fsp3) is 0.278. The third kappa shape index (κ3) is 4.14. The molecule has 5 nitrogen and oxygen atoms in total. The molecular weight excluding hydrogens is 356 g/mol. The first-order valence-electron chi connectivity index (χ1n) is 7.89. The van der Waals surface area contributed by atoms with Crippen LogP contribution in [0.15, 0.2) is 41.5 Å². The Morgan fingerprint density at radius 3 is 2.84 bits per heavy atom. The van der Waals surface area contributed by atoms with E-state index in [1.54, 1.807) is 23.9 Å². The molecular formula is C18H19ClN4OS. The lowest BCUT2D eigenvalue weighted by atomic mass is 9.88. The summed E-state index contributed by atoms with van der Waals surface area (Å²) >= 11 is 7.38. The number of hydrogen-bond donors (Lipinski definition) is 2. The van der Waals surface area contributed by atoms with Gasteiger partial charge in [-0.25, -0.2) is 4.98 Å². The van der Waals surface area contributed by atoms with Crippen LogP contribution in [-0.2, 0) is 5.54 Å². The van der Waals surface area contributed by atoms with Crippen LogP contribution in [0.3, 0.4) is 0 Å². The number of nitrogens with two attached hydrogens (primary N) is 1. The molecule has 3 N–H and O–H groups in total. The first kappa shape index (κ1) is 17.8. The molecule has 0 fully saturated rings. The lowest BCUT2D eigenvalue weighted by molar-refractivity contribution is 0.102. The molecule has 0 saturated carbocycles. The highest BCUT2D eigenvalue weighted by atomic mass is 35.5. The van der Waals surface area contributed by atoms with E-state index in [1.807, 2.05) is 19.1 Å². The highest BCUT2D eigenvalue weighted by Gasteiger charge is 2.30. The lowest BCUT2D eigenvalue weighted by Gasteiger charge is -2.30. The SMILES string of the molecule is Cc1cc(NC(=O)c2ccc(Cl)cn2)cc(C2(C)CCSC(N)=N2)c1. The van der Waals surface area contributed by atoms with Crippen LogP contribution in [0, 0.1) is 6.92 Å². The van der Waals surface area contributed by atoms with E-state index in [0.717, 1.165) is 23.3 Å². The van der Waals surface area contributed by atoms with Crippen molar-refractivity contribution >= 4 is 40.1 Å². The van der Waals surface area contributed by atoms with Gasteiger partial charge in [-0.05, 0) is 55.7 Å². The predicted octanol–water partition coefficient (Wildman–Crippen LogP) is 3.96. The van der Waals surface area contributed by atoms with E-state index in [-0.39, 0.29) is 11.4 Å². The van der Waals surface area contributed by atoms with Gasteiger partial charge < -0.3 is 11.1 Å². The second-order valence-corrected chi connectivity index (χ2v) is 7.78. The van der Waals surface area contributed by atoms with E-state index < -0.39 is 0 Å². The predicted molar refractivity (Wildman–Crippen MR) is 104 cm³/mol. The Kier molecular flexibility index (Phi) is 5.01.